The van der Waals surface area contributed by atoms with Gasteiger partial charge in [-0.25, -0.2) is 0 Å². The minimum absolute atomic E-state index is 0.200. The molecular formula is C15H23NO2. The standard InChI is InChI=1S/C15H23NO2/c1-12(2)10-16(3)11-14-6-4-5-13(9-14)7-8-15(17)18/h4-6,9,12H,7-8,10-11H2,1-3H3,(H,17,18). The number of benzene rings is 1. The molecule has 1 aromatic carbocycles. The Bertz CT molecular complexity index is 388. The SMILES string of the molecule is CC(C)CN(C)Cc1cccc(CCC(=O)O)c1. The Morgan fingerprint density at radius 2 is 2.00 bits per heavy atom. The second-order valence-corrected chi connectivity index (χ2v) is 5.30. The Balaban J connectivity index is 2.56. The van der Waals surface area contributed by atoms with Gasteiger partial charge in [-0.15, -0.1) is 0 Å². The van der Waals surface area contributed by atoms with Gasteiger partial charge in [-0.3, -0.25) is 4.79 Å². The zero-order valence-corrected chi connectivity index (χ0v) is 11.5. The fraction of sp³-hybridized carbons (Fsp3) is 0.533. The first kappa shape index (κ1) is 14.7. The molecule has 1 rings (SSSR count). The molecule has 0 spiro atoms. The second-order valence-electron chi connectivity index (χ2n) is 5.30. The third-order valence-electron chi connectivity index (χ3n) is 2.75. The molecule has 0 saturated carbocycles. The number of nitrogens with zero attached hydrogens (tertiary/aromatic N) is 1. The van der Waals surface area contributed by atoms with Gasteiger partial charge in [0.1, 0.15) is 0 Å². The Morgan fingerprint density at radius 3 is 2.61 bits per heavy atom. The van der Waals surface area contributed by atoms with Gasteiger partial charge in [-0.2, -0.15) is 0 Å². The average Bonchev–Trinajstić information content (AvgIpc) is 2.25. The third-order valence-corrected chi connectivity index (χ3v) is 2.75. The van der Waals surface area contributed by atoms with Crippen molar-refractivity contribution in [3.63, 3.8) is 0 Å². The fourth-order valence-corrected chi connectivity index (χ4v) is 2.13. The predicted molar refractivity (Wildman–Crippen MR) is 73.6 cm³/mol. The highest BCUT2D eigenvalue weighted by Crippen LogP contribution is 2.10. The molecule has 0 aliphatic heterocycles. The van der Waals surface area contributed by atoms with Crippen molar-refractivity contribution in [2.75, 3.05) is 13.6 Å². The molecule has 0 fully saturated rings. The second kappa shape index (κ2) is 7.17. The van der Waals surface area contributed by atoms with E-state index in [0.717, 1.165) is 18.7 Å². The van der Waals surface area contributed by atoms with E-state index in [9.17, 15) is 4.79 Å². The molecule has 3 heteroatoms. The van der Waals surface area contributed by atoms with Crippen molar-refractivity contribution < 1.29 is 9.90 Å². The van der Waals surface area contributed by atoms with E-state index in [1.807, 2.05) is 12.1 Å². The van der Waals surface area contributed by atoms with Crippen molar-refractivity contribution in [3.8, 4) is 0 Å². The highest BCUT2D eigenvalue weighted by atomic mass is 16.4. The van der Waals surface area contributed by atoms with Crippen molar-refractivity contribution >= 4 is 5.97 Å². The summed E-state index contributed by atoms with van der Waals surface area (Å²) in [5, 5.41) is 8.68. The van der Waals surface area contributed by atoms with Crippen LogP contribution in [-0.4, -0.2) is 29.6 Å². The van der Waals surface area contributed by atoms with Crippen LogP contribution in [0.5, 0.6) is 0 Å². The number of hydrogen-bond acceptors (Lipinski definition) is 2. The minimum Gasteiger partial charge on any atom is -0.481 e. The van der Waals surface area contributed by atoms with Crippen LogP contribution >= 0.6 is 0 Å². The van der Waals surface area contributed by atoms with Crippen LogP contribution in [0.4, 0.5) is 0 Å². The van der Waals surface area contributed by atoms with E-state index in [-0.39, 0.29) is 6.42 Å². The largest absolute Gasteiger partial charge is 0.481 e. The van der Waals surface area contributed by atoms with Gasteiger partial charge < -0.3 is 10.0 Å². The van der Waals surface area contributed by atoms with Crippen molar-refractivity contribution in [1.82, 2.24) is 4.90 Å². The van der Waals surface area contributed by atoms with Gasteiger partial charge in [0.15, 0.2) is 0 Å². The van der Waals surface area contributed by atoms with Crippen molar-refractivity contribution in [1.29, 1.82) is 0 Å². The molecule has 1 N–H and O–H groups in total. The highest BCUT2D eigenvalue weighted by molar-refractivity contribution is 5.67. The lowest BCUT2D eigenvalue weighted by Gasteiger charge is -2.19. The molecule has 0 heterocycles. The van der Waals surface area contributed by atoms with Crippen molar-refractivity contribution in [2.24, 2.45) is 5.92 Å². The summed E-state index contributed by atoms with van der Waals surface area (Å²) >= 11 is 0. The maximum atomic E-state index is 10.5. The number of carboxylic acid groups (broad SMARTS) is 1. The van der Waals surface area contributed by atoms with E-state index in [4.69, 9.17) is 5.11 Å². The molecule has 0 bridgehead atoms. The molecular weight excluding hydrogens is 226 g/mol. The topological polar surface area (TPSA) is 40.5 Å². The molecule has 0 aliphatic carbocycles. The number of aliphatic carboxylic acids is 1. The van der Waals surface area contributed by atoms with E-state index >= 15 is 0 Å². The molecule has 0 unspecified atom stereocenters. The first-order valence-corrected chi connectivity index (χ1v) is 6.45. The van der Waals surface area contributed by atoms with Crippen molar-refractivity contribution in [2.45, 2.75) is 33.2 Å². The van der Waals surface area contributed by atoms with Crippen LogP contribution in [0.1, 0.15) is 31.4 Å². The van der Waals surface area contributed by atoms with Crippen LogP contribution in [0.25, 0.3) is 0 Å². The summed E-state index contributed by atoms with van der Waals surface area (Å²) in [4.78, 5) is 12.8. The Hall–Kier alpha value is -1.35. The molecule has 0 radical (unpaired) electrons. The molecule has 0 saturated heterocycles. The number of rotatable bonds is 7. The molecule has 0 aromatic heterocycles. The van der Waals surface area contributed by atoms with E-state index in [0.29, 0.717) is 12.3 Å². The summed E-state index contributed by atoms with van der Waals surface area (Å²) in [5.41, 5.74) is 2.36. The molecule has 1 aromatic rings. The normalized spacial score (nSPS) is 11.2. The summed E-state index contributed by atoms with van der Waals surface area (Å²) in [7, 11) is 2.12. The smallest absolute Gasteiger partial charge is 0.303 e. The maximum absolute atomic E-state index is 10.5. The number of carbonyl (C=O) groups is 1. The van der Waals surface area contributed by atoms with Gasteiger partial charge in [0.25, 0.3) is 0 Å². The summed E-state index contributed by atoms with van der Waals surface area (Å²) in [6.45, 7) is 6.40. The quantitative estimate of drug-likeness (QED) is 0.807. The number of carboxylic acids is 1. The first-order valence-electron chi connectivity index (χ1n) is 6.45. The number of hydrogen-bond donors (Lipinski definition) is 1. The van der Waals surface area contributed by atoms with Crippen LogP contribution < -0.4 is 0 Å². The lowest BCUT2D eigenvalue weighted by Crippen LogP contribution is -2.22. The van der Waals surface area contributed by atoms with Gasteiger partial charge in [0.05, 0.1) is 0 Å². The van der Waals surface area contributed by atoms with Crippen molar-refractivity contribution in [3.05, 3.63) is 35.4 Å². The summed E-state index contributed by atoms with van der Waals surface area (Å²) in [6.07, 6.45) is 0.808. The van der Waals surface area contributed by atoms with E-state index < -0.39 is 5.97 Å². The molecule has 0 atom stereocenters. The Morgan fingerprint density at radius 1 is 1.33 bits per heavy atom. The summed E-state index contributed by atoms with van der Waals surface area (Å²) in [6, 6.07) is 8.21. The highest BCUT2D eigenvalue weighted by Gasteiger charge is 2.04. The zero-order chi connectivity index (χ0) is 13.5. The Kier molecular flexibility index (Phi) is 5.86. The van der Waals surface area contributed by atoms with E-state index in [1.165, 1.54) is 5.56 Å². The van der Waals surface area contributed by atoms with Crippen LogP contribution in [0.3, 0.4) is 0 Å². The predicted octanol–water partition coefficient (Wildman–Crippen LogP) is 2.79. The molecule has 100 valence electrons. The van der Waals surface area contributed by atoms with Gasteiger partial charge in [-0.1, -0.05) is 38.1 Å². The third kappa shape index (κ3) is 5.82. The molecule has 18 heavy (non-hydrogen) atoms. The number of aryl methyl sites for hydroxylation is 1. The summed E-state index contributed by atoms with van der Waals surface area (Å²) < 4.78 is 0. The minimum atomic E-state index is -0.739. The van der Waals surface area contributed by atoms with Gasteiger partial charge in [0.2, 0.25) is 0 Å². The Labute approximate surface area is 109 Å². The molecule has 3 nitrogen and oxygen atoms in total. The van der Waals surface area contributed by atoms with E-state index in [2.05, 4.69) is 37.9 Å². The van der Waals surface area contributed by atoms with Gasteiger partial charge in [0, 0.05) is 19.5 Å². The van der Waals surface area contributed by atoms with Crippen LogP contribution in [0, 0.1) is 5.92 Å². The average molecular weight is 249 g/mol. The lowest BCUT2D eigenvalue weighted by atomic mass is 10.1. The van der Waals surface area contributed by atoms with Gasteiger partial charge in [-0.05, 0) is 30.5 Å². The van der Waals surface area contributed by atoms with Crippen LogP contribution in [-0.2, 0) is 17.8 Å². The zero-order valence-electron chi connectivity index (χ0n) is 11.5. The fourth-order valence-electron chi connectivity index (χ4n) is 2.13. The lowest BCUT2D eigenvalue weighted by molar-refractivity contribution is -0.136. The van der Waals surface area contributed by atoms with Crippen LogP contribution in [0.2, 0.25) is 0 Å². The molecule has 0 aliphatic rings. The van der Waals surface area contributed by atoms with E-state index in [1.54, 1.807) is 0 Å². The summed E-state index contributed by atoms with van der Waals surface area (Å²) in [5.74, 6) is -0.0810. The maximum Gasteiger partial charge on any atom is 0.303 e. The first-order chi connectivity index (χ1) is 8.47. The monoisotopic (exact) mass is 249 g/mol. The van der Waals surface area contributed by atoms with Gasteiger partial charge >= 0.3 is 5.97 Å². The molecule has 0 amide bonds. The van der Waals surface area contributed by atoms with Crippen LogP contribution in [0.15, 0.2) is 24.3 Å².